The van der Waals surface area contributed by atoms with Crippen LogP contribution in [0.15, 0.2) is 110 Å². The average molecular weight is 491 g/mol. The van der Waals surface area contributed by atoms with Crippen LogP contribution in [0.2, 0.25) is 0 Å². The summed E-state index contributed by atoms with van der Waals surface area (Å²) in [5.41, 5.74) is 6.61. The van der Waals surface area contributed by atoms with Crippen molar-refractivity contribution in [3.05, 3.63) is 121 Å². The molecule has 4 rings (SSSR count). The summed E-state index contributed by atoms with van der Waals surface area (Å²) in [6, 6.07) is 29.4. The molecule has 0 radical (unpaired) electrons. The molecule has 0 aromatic heterocycles. The largest absolute Gasteiger partial charge is 0.460 e. The van der Waals surface area contributed by atoms with Gasteiger partial charge in [-0.1, -0.05) is 79.9 Å². The Labute approximate surface area is 217 Å². The van der Waals surface area contributed by atoms with E-state index in [2.05, 4.69) is 79.9 Å². The molecule has 186 valence electrons. The van der Waals surface area contributed by atoms with Crippen molar-refractivity contribution >= 4 is 22.7 Å². The van der Waals surface area contributed by atoms with E-state index in [0.717, 1.165) is 51.4 Å². The summed E-state index contributed by atoms with van der Waals surface area (Å²) in [6.45, 7) is 8.99. The zero-order valence-corrected chi connectivity index (χ0v) is 21.0. The lowest BCUT2D eigenvalue weighted by Crippen LogP contribution is -2.13. The number of hydrogen-bond acceptors (Lipinski definition) is 4. The summed E-state index contributed by atoms with van der Waals surface area (Å²) >= 11 is 0. The van der Waals surface area contributed by atoms with Crippen molar-refractivity contribution in [3.8, 4) is 22.3 Å². The van der Waals surface area contributed by atoms with Crippen LogP contribution in [0.4, 0.5) is 0 Å². The third-order valence-corrected chi connectivity index (χ3v) is 6.23. The van der Waals surface area contributed by atoms with E-state index >= 15 is 0 Å². The minimum atomic E-state index is -0.430. The Balaban J connectivity index is 1.50. The number of aryl methyl sites for hydroxylation is 1. The maximum Gasteiger partial charge on any atom is 0.330 e. The molecule has 0 saturated heterocycles. The highest BCUT2D eigenvalue weighted by Crippen LogP contribution is 2.29. The van der Waals surface area contributed by atoms with Crippen LogP contribution < -0.4 is 0 Å². The van der Waals surface area contributed by atoms with Crippen LogP contribution in [0.25, 0.3) is 33.0 Å². The monoisotopic (exact) mass is 490 g/mol. The fraction of sp³-hybridized carbons (Fsp3) is 0.152. The molecule has 4 heteroatoms. The lowest BCUT2D eigenvalue weighted by molar-refractivity contribution is -0.142. The quantitative estimate of drug-likeness (QED) is 0.171. The molecular formula is C33H30O4. The van der Waals surface area contributed by atoms with Gasteiger partial charge in [-0.25, -0.2) is 9.59 Å². The van der Waals surface area contributed by atoms with Gasteiger partial charge < -0.3 is 9.47 Å². The lowest BCUT2D eigenvalue weighted by Gasteiger charge is -2.12. The van der Waals surface area contributed by atoms with Crippen molar-refractivity contribution in [1.29, 1.82) is 0 Å². The molecule has 4 aromatic carbocycles. The maximum absolute atomic E-state index is 11.4. The van der Waals surface area contributed by atoms with Gasteiger partial charge in [-0.2, -0.15) is 0 Å². The molecule has 0 heterocycles. The first kappa shape index (κ1) is 25.6. The van der Waals surface area contributed by atoms with Crippen LogP contribution in [0.1, 0.15) is 24.5 Å². The van der Waals surface area contributed by atoms with E-state index in [-0.39, 0.29) is 18.7 Å². The van der Waals surface area contributed by atoms with Crippen molar-refractivity contribution in [2.45, 2.75) is 32.5 Å². The first-order chi connectivity index (χ1) is 17.9. The first-order valence-corrected chi connectivity index (χ1v) is 12.3. The van der Waals surface area contributed by atoms with E-state index in [1.54, 1.807) is 0 Å². The molecule has 37 heavy (non-hydrogen) atoms. The second-order valence-electron chi connectivity index (χ2n) is 8.98. The van der Waals surface area contributed by atoms with Gasteiger partial charge >= 0.3 is 11.9 Å². The molecule has 0 saturated carbocycles. The molecule has 0 N–H and O–H groups in total. The molecule has 0 amide bonds. The predicted molar refractivity (Wildman–Crippen MR) is 149 cm³/mol. The number of benzene rings is 4. The van der Waals surface area contributed by atoms with Gasteiger partial charge in [0.1, 0.15) is 6.61 Å². The van der Waals surface area contributed by atoms with Crippen molar-refractivity contribution in [2.75, 3.05) is 0 Å². The van der Waals surface area contributed by atoms with E-state index in [1.807, 2.05) is 25.1 Å². The van der Waals surface area contributed by atoms with Crippen molar-refractivity contribution in [2.24, 2.45) is 0 Å². The fourth-order valence-electron chi connectivity index (χ4n) is 4.24. The molecule has 4 aromatic rings. The molecule has 0 aliphatic carbocycles. The lowest BCUT2D eigenvalue weighted by atomic mass is 9.96. The van der Waals surface area contributed by atoms with Crippen molar-refractivity contribution in [1.82, 2.24) is 0 Å². The number of hydrogen-bond donors (Lipinski definition) is 0. The van der Waals surface area contributed by atoms with Crippen molar-refractivity contribution in [3.63, 3.8) is 0 Å². The predicted octanol–water partition coefficient (Wildman–Crippen LogP) is 7.45. The molecule has 4 nitrogen and oxygen atoms in total. The van der Waals surface area contributed by atoms with E-state index in [0.29, 0.717) is 0 Å². The third kappa shape index (κ3) is 6.83. The Hall–Kier alpha value is -4.44. The SMILES string of the molecule is C=CC(=O)OCc1cccc(-c2ccc3cc(-c4cccc(CCC(C)OC(=O)C=C)c4)ccc3c2)c1. The van der Waals surface area contributed by atoms with Crippen LogP contribution in [-0.2, 0) is 32.1 Å². The Morgan fingerprint density at radius 1 is 0.730 bits per heavy atom. The smallest absolute Gasteiger partial charge is 0.330 e. The number of esters is 2. The zero-order chi connectivity index (χ0) is 26.2. The molecule has 0 fully saturated rings. The minimum absolute atomic E-state index is 0.160. The van der Waals surface area contributed by atoms with E-state index in [4.69, 9.17) is 9.47 Å². The molecule has 0 spiro atoms. The Kier molecular flexibility index (Phi) is 8.32. The maximum atomic E-state index is 11.4. The van der Waals surface area contributed by atoms with Gasteiger partial charge in [-0.05, 0) is 82.1 Å². The standard InChI is InChI=1S/C33H30O4/c1-4-32(34)36-22-25-9-7-11-27(19-25)29-15-17-30-20-28(14-16-31(30)21-29)26-10-6-8-24(18-26)13-12-23(3)37-33(35)5-2/h4-11,14-21,23H,1-2,12-13,22H2,3H3. The van der Waals surface area contributed by atoms with E-state index in [9.17, 15) is 9.59 Å². The topological polar surface area (TPSA) is 52.6 Å². The molecule has 1 atom stereocenters. The number of carbonyl (C=O) groups excluding carboxylic acids is 2. The second-order valence-corrected chi connectivity index (χ2v) is 8.98. The summed E-state index contributed by atoms with van der Waals surface area (Å²) in [6.07, 6.45) is 3.78. The summed E-state index contributed by atoms with van der Waals surface area (Å²) in [5, 5.41) is 2.31. The van der Waals surface area contributed by atoms with Gasteiger partial charge in [-0.3, -0.25) is 0 Å². The van der Waals surface area contributed by atoms with Gasteiger partial charge in [0, 0.05) is 12.2 Å². The summed E-state index contributed by atoms with van der Waals surface area (Å²) in [4.78, 5) is 22.8. The van der Waals surface area contributed by atoms with Gasteiger partial charge in [0.05, 0.1) is 6.10 Å². The van der Waals surface area contributed by atoms with Gasteiger partial charge in [0.2, 0.25) is 0 Å². The molecular weight excluding hydrogens is 460 g/mol. The minimum Gasteiger partial charge on any atom is -0.460 e. The van der Waals surface area contributed by atoms with Crippen LogP contribution in [0.5, 0.6) is 0 Å². The average Bonchev–Trinajstić information content (AvgIpc) is 2.94. The number of fused-ring (bicyclic) bond motifs is 1. The molecule has 1 unspecified atom stereocenters. The van der Waals surface area contributed by atoms with Gasteiger partial charge in [0.15, 0.2) is 0 Å². The second kappa shape index (κ2) is 12.0. The van der Waals surface area contributed by atoms with Crippen LogP contribution in [0, 0.1) is 0 Å². The highest BCUT2D eigenvalue weighted by molar-refractivity contribution is 5.91. The summed E-state index contributed by atoms with van der Waals surface area (Å²) in [7, 11) is 0. The summed E-state index contributed by atoms with van der Waals surface area (Å²) < 4.78 is 10.4. The zero-order valence-electron chi connectivity index (χ0n) is 21.0. The number of ether oxygens (including phenoxy) is 2. The first-order valence-electron chi connectivity index (χ1n) is 12.3. The Bertz CT molecular complexity index is 1450. The molecule has 0 aliphatic rings. The van der Waals surface area contributed by atoms with Crippen molar-refractivity contribution < 1.29 is 19.1 Å². The molecule has 0 bridgehead atoms. The highest BCUT2D eigenvalue weighted by Gasteiger charge is 2.09. The van der Waals surface area contributed by atoms with Crippen LogP contribution >= 0.6 is 0 Å². The Morgan fingerprint density at radius 3 is 1.86 bits per heavy atom. The van der Waals surface area contributed by atoms with Crippen LogP contribution in [0.3, 0.4) is 0 Å². The molecule has 0 aliphatic heterocycles. The van der Waals surface area contributed by atoms with Gasteiger partial charge in [0.25, 0.3) is 0 Å². The van der Waals surface area contributed by atoms with E-state index in [1.165, 1.54) is 17.7 Å². The number of rotatable bonds is 10. The fourth-order valence-corrected chi connectivity index (χ4v) is 4.24. The summed E-state index contributed by atoms with van der Waals surface area (Å²) in [5.74, 6) is -0.816. The van der Waals surface area contributed by atoms with Gasteiger partial charge in [-0.15, -0.1) is 0 Å². The highest BCUT2D eigenvalue weighted by atomic mass is 16.5. The number of carbonyl (C=O) groups is 2. The Morgan fingerprint density at radius 2 is 1.27 bits per heavy atom. The van der Waals surface area contributed by atoms with E-state index < -0.39 is 5.97 Å². The third-order valence-electron chi connectivity index (χ3n) is 6.23. The van der Waals surface area contributed by atoms with Crippen LogP contribution in [-0.4, -0.2) is 18.0 Å². The normalized spacial score (nSPS) is 11.5.